The van der Waals surface area contributed by atoms with Crippen molar-refractivity contribution in [1.29, 1.82) is 0 Å². The molecule has 0 aromatic heterocycles. The lowest BCUT2D eigenvalue weighted by atomic mass is 10.1. The smallest absolute Gasteiger partial charge is 0.0234 e. The molecule has 0 amide bonds. The van der Waals surface area contributed by atoms with Gasteiger partial charge in [0, 0.05) is 24.0 Å². The van der Waals surface area contributed by atoms with Crippen LogP contribution in [0.2, 0.25) is 0 Å². The maximum absolute atomic E-state index is 3.41. The van der Waals surface area contributed by atoms with Crippen LogP contribution in [0.15, 0.2) is 29.2 Å². The van der Waals surface area contributed by atoms with Crippen molar-refractivity contribution in [1.82, 2.24) is 10.2 Å². The van der Waals surface area contributed by atoms with Crippen molar-refractivity contribution in [2.45, 2.75) is 23.9 Å². The molecule has 4 heteroatoms. The zero-order valence-electron chi connectivity index (χ0n) is 10.5. The number of benzene rings is 1. The van der Waals surface area contributed by atoms with Crippen LogP contribution in [0.4, 0.5) is 0 Å². The Hall–Kier alpha value is -0.220. The molecule has 0 saturated carbocycles. The Balaban J connectivity index is 0.00000144. The lowest BCUT2D eigenvalue weighted by Crippen LogP contribution is -2.32. The minimum atomic E-state index is 0. The SMILES string of the molecule is CSc1ccc(CN(C)C2CCNC2)cc1.Cl. The second-order valence-electron chi connectivity index (χ2n) is 4.41. The highest BCUT2D eigenvalue weighted by atomic mass is 35.5. The summed E-state index contributed by atoms with van der Waals surface area (Å²) in [5.41, 5.74) is 1.41. The first kappa shape index (κ1) is 14.8. The monoisotopic (exact) mass is 272 g/mol. The van der Waals surface area contributed by atoms with Gasteiger partial charge in [-0.1, -0.05) is 12.1 Å². The molecule has 1 atom stereocenters. The molecule has 1 saturated heterocycles. The van der Waals surface area contributed by atoms with Gasteiger partial charge in [0.2, 0.25) is 0 Å². The summed E-state index contributed by atoms with van der Waals surface area (Å²) in [5.74, 6) is 0. The Morgan fingerprint density at radius 2 is 2.06 bits per heavy atom. The van der Waals surface area contributed by atoms with Gasteiger partial charge in [-0.3, -0.25) is 4.90 Å². The second kappa shape index (κ2) is 7.27. The van der Waals surface area contributed by atoms with Crippen LogP contribution in [0.3, 0.4) is 0 Å². The predicted molar refractivity (Wildman–Crippen MR) is 78.2 cm³/mol. The Morgan fingerprint density at radius 1 is 1.35 bits per heavy atom. The van der Waals surface area contributed by atoms with Crippen LogP contribution in [0.1, 0.15) is 12.0 Å². The number of nitrogens with one attached hydrogen (secondary N) is 1. The summed E-state index contributed by atoms with van der Waals surface area (Å²) in [6, 6.07) is 9.61. The first-order valence-corrected chi connectivity index (χ1v) is 7.06. The molecule has 1 fully saturated rings. The van der Waals surface area contributed by atoms with E-state index in [0.717, 1.165) is 13.1 Å². The molecule has 17 heavy (non-hydrogen) atoms. The van der Waals surface area contributed by atoms with Gasteiger partial charge in [0.25, 0.3) is 0 Å². The Bertz CT molecular complexity index is 323. The maximum Gasteiger partial charge on any atom is 0.0234 e. The van der Waals surface area contributed by atoms with Crippen LogP contribution in [0.25, 0.3) is 0 Å². The molecule has 1 aliphatic heterocycles. The zero-order valence-corrected chi connectivity index (χ0v) is 12.1. The molecule has 1 aromatic rings. The lowest BCUT2D eigenvalue weighted by Gasteiger charge is -2.23. The van der Waals surface area contributed by atoms with Gasteiger partial charge in [-0.05, 0) is 44.0 Å². The van der Waals surface area contributed by atoms with E-state index in [-0.39, 0.29) is 12.4 Å². The van der Waals surface area contributed by atoms with E-state index >= 15 is 0 Å². The van der Waals surface area contributed by atoms with Crippen LogP contribution in [0, 0.1) is 0 Å². The molecule has 2 nitrogen and oxygen atoms in total. The van der Waals surface area contributed by atoms with Gasteiger partial charge in [-0.15, -0.1) is 24.2 Å². The average molecular weight is 273 g/mol. The highest BCUT2D eigenvalue weighted by Gasteiger charge is 2.18. The van der Waals surface area contributed by atoms with Gasteiger partial charge in [0.15, 0.2) is 0 Å². The van der Waals surface area contributed by atoms with Gasteiger partial charge in [-0.25, -0.2) is 0 Å². The van der Waals surface area contributed by atoms with E-state index in [1.54, 1.807) is 11.8 Å². The molecule has 0 bridgehead atoms. The molecule has 0 aliphatic carbocycles. The van der Waals surface area contributed by atoms with E-state index in [0.29, 0.717) is 6.04 Å². The summed E-state index contributed by atoms with van der Waals surface area (Å²) in [5, 5.41) is 3.41. The molecule has 2 rings (SSSR count). The summed E-state index contributed by atoms with van der Waals surface area (Å²) in [6.07, 6.45) is 3.39. The Labute approximate surface area is 115 Å². The fourth-order valence-electron chi connectivity index (χ4n) is 2.16. The van der Waals surface area contributed by atoms with Crippen LogP contribution in [-0.4, -0.2) is 37.3 Å². The summed E-state index contributed by atoms with van der Waals surface area (Å²) in [6.45, 7) is 3.36. The van der Waals surface area contributed by atoms with E-state index in [2.05, 4.69) is 47.8 Å². The molecule has 1 aliphatic rings. The Morgan fingerprint density at radius 3 is 2.59 bits per heavy atom. The number of nitrogens with zero attached hydrogens (tertiary/aromatic N) is 1. The molecule has 1 heterocycles. The van der Waals surface area contributed by atoms with E-state index < -0.39 is 0 Å². The van der Waals surface area contributed by atoms with Crippen molar-refractivity contribution in [2.24, 2.45) is 0 Å². The predicted octanol–water partition coefficient (Wildman–Crippen LogP) is 2.62. The lowest BCUT2D eigenvalue weighted by molar-refractivity contribution is 0.249. The number of likely N-dealkylation sites (N-methyl/N-ethyl adjacent to an activating group) is 1. The first-order chi connectivity index (χ1) is 7.79. The highest BCUT2D eigenvalue weighted by Crippen LogP contribution is 2.17. The van der Waals surface area contributed by atoms with Gasteiger partial charge in [0.05, 0.1) is 0 Å². The number of rotatable bonds is 4. The van der Waals surface area contributed by atoms with E-state index in [1.807, 2.05) is 0 Å². The minimum Gasteiger partial charge on any atom is -0.315 e. The van der Waals surface area contributed by atoms with E-state index in [1.165, 1.54) is 23.4 Å². The van der Waals surface area contributed by atoms with Crippen LogP contribution in [-0.2, 0) is 6.54 Å². The largest absolute Gasteiger partial charge is 0.315 e. The maximum atomic E-state index is 3.41. The molecule has 0 radical (unpaired) electrons. The molecular formula is C13H21ClN2S. The van der Waals surface area contributed by atoms with Crippen molar-refractivity contribution in [3.05, 3.63) is 29.8 Å². The van der Waals surface area contributed by atoms with Crippen molar-refractivity contribution in [3.8, 4) is 0 Å². The summed E-state index contributed by atoms with van der Waals surface area (Å²) >= 11 is 1.80. The van der Waals surface area contributed by atoms with Gasteiger partial charge < -0.3 is 5.32 Å². The average Bonchev–Trinajstić information content (AvgIpc) is 2.83. The molecule has 1 aromatic carbocycles. The molecular weight excluding hydrogens is 252 g/mol. The summed E-state index contributed by atoms with van der Waals surface area (Å²) < 4.78 is 0. The zero-order chi connectivity index (χ0) is 11.4. The third-order valence-corrected chi connectivity index (χ3v) is 3.99. The fraction of sp³-hybridized carbons (Fsp3) is 0.538. The van der Waals surface area contributed by atoms with Crippen LogP contribution in [0.5, 0.6) is 0 Å². The van der Waals surface area contributed by atoms with Crippen molar-refractivity contribution < 1.29 is 0 Å². The minimum absolute atomic E-state index is 0. The number of thioether (sulfide) groups is 1. The van der Waals surface area contributed by atoms with Gasteiger partial charge in [-0.2, -0.15) is 0 Å². The van der Waals surface area contributed by atoms with E-state index in [9.17, 15) is 0 Å². The first-order valence-electron chi connectivity index (χ1n) is 5.83. The topological polar surface area (TPSA) is 15.3 Å². The van der Waals surface area contributed by atoms with E-state index in [4.69, 9.17) is 0 Å². The van der Waals surface area contributed by atoms with Crippen molar-refractivity contribution in [3.63, 3.8) is 0 Å². The third kappa shape index (κ3) is 4.18. The summed E-state index contributed by atoms with van der Waals surface area (Å²) in [4.78, 5) is 3.79. The second-order valence-corrected chi connectivity index (χ2v) is 5.29. The summed E-state index contributed by atoms with van der Waals surface area (Å²) in [7, 11) is 2.22. The van der Waals surface area contributed by atoms with Crippen molar-refractivity contribution in [2.75, 3.05) is 26.4 Å². The number of hydrogen-bond donors (Lipinski definition) is 1. The third-order valence-electron chi connectivity index (χ3n) is 3.25. The van der Waals surface area contributed by atoms with Gasteiger partial charge >= 0.3 is 0 Å². The number of halogens is 1. The van der Waals surface area contributed by atoms with Crippen molar-refractivity contribution >= 4 is 24.2 Å². The molecule has 1 unspecified atom stereocenters. The van der Waals surface area contributed by atoms with Gasteiger partial charge in [0.1, 0.15) is 0 Å². The fourth-order valence-corrected chi connectivity index (χ4v) is 2.57. The normalized spacial score (nSPS) is 19.4. The van der Waals surface area contributed by atoms with Crippen LogP contribution >= 0.6 is 24.2 Å². The Kier molecular flexibility index (Phi) is 6.34. The quantitative estimate of drug-likeness (QED) is 0.849. The highest BCUT2D eigenvalue weighted by molar-refractivity contribution is 7.98. The molecule has 1 N–H and O–H groups in total. The van der Waals surface area contributed by atoms with Crippen LogP contribution < -0.4 is 5.32 Å². The molecule has 96 valence electrons. The standard InChI is InChI=1S/C13H20N2S.ClH/c1-15(12-7-8-14-9-12)10-11-3-5-13(16-2)6-4-11;/h3-6,12,14H,7-10H2,1-2H3;1H. The number of hydrogen-bond acceptors (Lipinski definition) is 3. The molecule has 0 spiro atoms.